The van der Waals surface area contributed by atoms with Gasteiger partial charge >= 0.3 is 0 Å². The lowest BCUT2D eigenvalue weighted by Gasteiger charge is -2.07. The van der Waals surface area contributed by atoms with E-state index in [1.54, 1.807) is 13.2 Å². The second-order valence-corrected chi connectivity index (χ2v) is 5.04. The Morgan fingerprint density at radius 2 is 1.90 bits per heavy atom. The molecule has 0 spiro atoms. The Labute approximate surface area is 130 Å². The van der Waals surface area contributed by atoms with Gasteiger partial charge in [-0.2, -0.15) is 0 Å². The minimum Gasteiger partial charge on any atom is -0.385 e. The van der Waals surface area contributed by atoms with Crippen LogP contribution in [0.2, 0.25) is 5.02 Å². The molecule has 2 N–H and O–H groups in total. The van der Waals surface area contributed by atoms with Crippen molar-refractivity contribution in [2.24, 2.45) is 0 Å². The predicted molar refractivity (Wildman–Crippen MR) is 82.3 cm³/mol. The van der Waals surface area contributed by atoms with Crippen molar-refractivity contribution in [3.63, 3.8) is 0 Å². The predicted octanol–water partition coefficient (Wildman–Crippen LogP) is 1.54. The van der Waals surface area contributed by atoms with E-state index < -0.39 is 0 Å². The quantitative estimate of drug-likeness (QED) is 0.537. The van der Waals surface area contributed by atoms with Crippen LogP contribution in [0.3, 0.4) is 0 Å². The molecule has 1 rings (SSSR count). The minimum atomic E-state index is -0.277. The average molecular weight is 313 g/mol. The van der Waals surface area contributed by atoms with Gasteiger partial charge < -0.3 is 15.4 Å². The second kappa shape index (κ2) is 10.2. The highest BCUT2D eigenvalue weighted by Crippen LogP contribution is 2.10. The van der Waals surface area contributed by atoms with E-state index in [1.807, 2.05) is 18.2 Å². The number of nitrogens with one attached hydrogen (secondary N) is 2. The van der Waals surface area contributed by atoms with Gasteiger partial charge in [0.05, 0.1) is 0 Å². The Morgan fingerprint density at radius 1 is 1.19 bits per heavy atom. The van der Waals surface area contributed by atoms with Gasteiger partial charge in [-0.25, -0.2) is 0 Å². The first-order valence-electron chi connectivity index (χ1n) is 6.88. The van der Waals surface area contributed by atoms with Crippen molar-refractivity contribution < 1.29 is 14.3 Å². The summed E-state index contributed by atoms with van der Waals surface area (Å²) in [6.45, 7) is 1.59. The van der Waals surface area contributed by atoms with Crippen molar-refractivity contribution in [2.75, 3.05) is 26.8 Å². The van der Waals surface area contributed by atoms with E-state index in [9.17, 15) is 9.59 Å². The third-order valence-corrected chi connectivity index (χ3v) is 3.03. The third kappa shape index (κ3) is 8.32. The fourth-order valence-electron chi connectivity index (χ4n) is 1.75. The molecule has 0 aliphatic heterocycles. The van der Waals surface area contributed by atoms with E-state index in [0.29, 0.717) is 31.1 Å². The van der Waals surface area contributed by atoms with Gasteiger partial charge in [0.25, 0.3) is 0 Å². The number of carbonyl (C=O) groups excluding carboxylic acids is 2. The molecule has 0 atom stereocenters. The van der Waals surface area contributed by atoms with E-state index in [0.717, 1.165) is 12.0 Å². The van der Waals surface area contributed by atoms with E-state index in [2.05, 4.69) is 10.6 Å². The van der Waals surface area contributed by atoms with Crippen LogP contribution in [0.25, 0.3) is 0 Å². The molecule has 1 aromatic carbocycles. The summed E-state index contributed by atoms with van der Waals surface area (Å²) < 4.78 is 4.87. The molecule has 21 heavy (non-hydrogen) atoms. The van der Waals surface area contributed by atoms with Crippen molar-refractivity contribution in [1.29, 1.82) is 0 Å². The number of hydrogen-bond acceptors (Lipinski definition) is 3. The van der Waals surface area contributed by atoms with Crippen LogP contribution in [0.5, 0.6) is 0 Å². The summed E-state index contributed by atoms with van der Waals surface area (Å²) in [4.78, 5) is 23.0. The normalized spacial score (nSPS) is 10.2. The van der Waals surface area contributed by atoms with Crippen LogP contribution in [0.4, 0.5) is 0 Å². The summed E-state index contributed by atoms with van der Waals surface area (Å²) >= 11 is 5.88. The first-order chi connectivity index (χ1) is 10.1. The molecule has 2 amide bonds. The van der Waals surface area contributed by atoms with E-state index in [-0.39, 0.29) is 18.2 Å². The monoisotopic (exact) mass is 312 g/mol. The van der Waals surface area contributed by atoms with Gasteiger partial charge in [-0.3, -0.25) is 9.59 Å². The third-order valence-electron chi connectivity index (χ3n) is 2.79. The minimum absolute atomic E-state index is 0.150. The molecule has 1 aromatic rings. The number of halogens is 1. The van der Waals surface area contributed by atoms with Gasteiger partial charge in [0.15, 0.2) is 0 Å². The number of rotatable bonds is 9. The summed E-state index contributed by atoms with van der Waals surface area (Å²) in [6.07, 6.45) is 1.27. The SMILES string of the molecule is COCCCNC(=O)CC(=O)NCCc1cccc(Cl)c1. The molecule has 116 valence electrons. The van der Waals surface area contributed by atoms with Gasteiger partial charge in [-0.15, -0.1) is 0 Å². The van der Waals surface area contributed by atoms with Crippen LogP contribution in [0, 0.1) is 0 Å². The van der Waals surface area contributed by atoms with Gasteiger partial charge in [0.1, 0.15) is 6.42 Å². The van der Waals surface area contributed by atoms with Crippen LogP contribution in [0.15, 0.2) is 24.3 Å². The molecule has 0 aromatic heterocycles. The highest BCUT2D eigenvalue weighted by molar-refractivity contribution is 6.30. The molecule has 6 heteroatoms. The van der Waals surface area contributed by atoms with Gasteiger partial charge in [-0.1, -0.05) is 23.7 Å². The topological polar surface area (TPSA) is 67.4 Å². The van der Waals surface area contributed by atoms with Crippen LogP contribution < -0.4 is 10.6 Å². The maximum Gasteiger partial charge on any atom is 0.229 e. The van der Waals surface area contributed by atoms with E-state index in [4.69, 9.17) is 16.3 Å². The fraction of sp³-hybridized carbons (Fsp3) is 0.467. The van der Waals surface area contributed by atoms with Crippen LogP contribution in [-0.2, 0) is 20.7 Å². The highest BCUT2D eigenvalue weighted by Gasteiger charge is 2.08. The Morgan fingerprint density at radius 3 is 2.57 bits per heavy atom. The summed E-state index contributed by atoms with van der Waals surface area (Å²) in [5.74, 6) is -0.548. The molecular weight excluding hydrogens is 292 g/mol. The number of ether oxygens (including phenoxy) is 1. The molecule has 0 saturated heterocycles. The molecule has 0 saturated carbocycles. The van der Waals surface area contributed by atoms with Crippen LogP contribution in [-0.4, -0.2) is 38.6 Å². The Bertz CT molecular complexity index is 466. The molecule has 5 nitrogen and oxygen atoms in total. The zero-order valence-corrected chi connectivity index (χ0v) is 12.9. The summed E-state index contributed by atoms with van der Waals surface area (Å²) in [5.41, 5.74) is 1.05. The zero-order chi connectivity index (χ0) is 15.5. The molecule has 0 aliphatic rings. The summed E-state index contributed by atoms with van der Waals surface area (Å²) in [5, 5.41) is 6.06. The molecule has 0 unspecified atom stereocenters. The smallest absolute Gasteiger partial charge is 0.229 e. The first-order valence-corrected chi connectivity index (χ1v) is 7.26. The fourth-order valence-corrected chi connectivity index (χ4v) is 1.97. The number of methoxy groups -OCH3 is 1. The van der Waals surface area contributed by atoms with Crippen LogP contribution in [0.1, 0.15) is 18.4 Å². The Hall–Kier alpha value is -1.59. The number of carbonyl (C=O) groups is 2. The van der Waals surface area contributed by atoms with E-state index in [1.165, 1.54) is 0 Å². The molecule has 0 bridgehead atoms. The maximum absolute atomic E-state index is 11.6. The lowest BCUT2D eigenvalue weighted by Crippen LogP contribution is -2.33. The second-order valence-electron chi connectivity index (χ2n) is 4.60. The van der Waals surface area contributed by atoms with Crippen molar-refractivity contribution >= 4 is 23.4 Å². The zero-order valence-electron chi connectivity index (χ0n) is 12.2. The lowest BCUT2D eigenvalue weighted by atomic mass is 10.1. The Balaban J connectivity index is 2.14. The van der Waals surface area contributed by atoms with Crippen molar-refractivity contribution in [3.8, 4) is 0 Å². The van der Waals surface area contributed by atoms with Crippen LogP contribution >= 0.6 is 11.6 Å². The largest absolute Gasteiger partial charge is 0.385 e. The molecule has 0 heterocycles. The lowest BCUT2D eigenvalue weighted by molar-refractivity contribution is -0.129. The Kier molecular flexibility index (Phi) is 8.47. The summed E-state index contributed by atoms with van der Waals surface area (Å²) in [6, 6.07) is 7.47. The van der Waals surface area contributed by atoms with Gasteiger partial charge in [0, 0.05) is 31.8 Å². The average Bonchev–Trinajstić information content (AvgIpc) is 2.43. The van der Waals surface area contributed by atoms with Crippen molar-refractivity contribution in [3.05, 3.63) is 34.9 Å². The number of amides is 2. The van der Waals surface area contributed by atoms with Gasteiger partial charge in [0.2, 0.25) is 11.8 Å². The standard InChI is InChI=1S/C15H21ClN2O3/c1-21-9-3-7-17-14(19)11-15(20)18-8-6-12-4-2-5-13(16)10-12/h2,4-5,10H,3,6-9,11H2,1H3,(H,17,19)(H,18,20). The number of hydrogen-bond donors (Lipinski definition) is 2. The maximum atomic E-state index is 11.6. The highest BCUT2D eigenvalue weighted by atomic mass is 35.5. The first kappa shape index (κ1) is 17.5. The van der Waals surface area contributed by atoms with E-state index >= 15 is 0 Å². The molecule has 0 radical (unpaired) electrons. The van der Waals surface area contributed by atoms with Crippen molar-refractivity contribution in [2.45, 2.75) is 19.3 Å². The summed E-state index contributed by atoms with van der Waals surface area (Å²) in [7, 11) is 1.61. The molecule has 0 aliphatic carbocycles. The van der Waals surface area contributed by atoms with Gasteiger partial charge in [-0.05, 0) is 30.5 Å². The van der Waals surface area contributed by atoms with Crippen molar-refractivity contribution in [1.82, 2.24) is 10.6 Å². The number of benzene rings is 1. The molecular formula is C15H21ClN2O3. The molecule has 0 fully saturated rings.